The normalized spacial score (nSPS) is 19.8. The van der Waals surface area contributed by atoms with Crippen molar-refractivity contribution in [3.63, 3.8) is 0 Å². The van der Waals surface area contributed by atoms with Gasteiger partial charge in [0.1, 0.15) is 0 Å². The van der Waals surface area contributed by atoms with E-state index in [2.05, 4.69) is 21.4 Å². The molecule has 1 saturated heterocycles. The van der Waals surface area contributed by atoms with E-state index in [1.807, 2.05) is 7.05 Å². The quantitative estimate of drug-likeness (QED) is 0.626. The van der Waals surface area contributed by atoms with E-state index in [1.54, 1.807) is 13.2 Å². The van der Waals surface area contributed by atoms with Crippen LogP contribution in [0.2, 0.25) is 0 Å². The van der Waals surface area contributed by atoms with E-state index in [9.17, 15) is 18.4 Å². The minimum atomic E-state index is -4.67. The van der Waals surface area contributed by atoms with Gasteiger partial charge < -0.3 is 15.4 Å². The largest absolute Gasteiger partial charge is 0.740 e. The number of nitrogens with one attached hydrogen (secondary N) is 1. The number of carbonyl (C=O) groups is 1. The molecule has 0 saturated carbocycles. The summed E-state index contributed by atoms with van der Waals surface area (Å²) in [5.74, 6) is 0.0529. The zero-order valence-electron chi connectivity index (χ0n) is 19.7. The van der Waals surface area contributed by atoms with E-state index in [4.69, 9.17) is 0 Å². The van der Waals surface area contributed by atoms with Crippen molar-refractivity contribution in [3.8, 4) is 0 Å². The minimum absolute atomic E-state index is 0.0529. The monoisotopic (exact) mass is 487 g/mol. The molecule has 1 N–H and O–H groups in total. The van der Waals surface area contributed by atoms with Gasteiger partial charge in [-0.25, -0.2) is 4.79 Å². The fourth-order valence-electron chi connectivity index (χ4n) is 5.59. The molecule has 1 fully saturated rings. The highest BCUT2D eigenvalue weighted by molar-refractivity contribution is 7.91. The lowest BCUT2D eigenvalue weighted by Gasteiger charge is -2.35. The molecular weight excluding hydrogens is 456 g/mol. The fourth-order valence-corrected chi connectivity index (χ4v) is 6.79. The van der Waals surface area contributed by atoms with Gasteiger partial charge >= 0.3 is 16.2 Å². The summed E-state index contributed by atoms with van der Waals surface area (Å²) in [5.41, 5.74) is 5.38. The molecule has 0 radical (unpaired) electrons. The first-order valence-electron chi connectivity index (χ1n) is 11.9. The summed E-state index contributed by atoms with van der Waals surface area (Å²) >= 11 is 0. The molecule has 0 bridgehead atoms. The van der Waals surface area contributed by atoms with Crippen molar-refractivity contribution in [1.82, 2.24) is 19.1 Å². The van der Waals surface area contributed by atoms with E-state index in [1.165, 1.54) is 22.0 Å². The maximum atomic E-state index is 13.4. The first-order chi connectivity index (χ1) is 16.2. The summed E-state index contributed by atoms with van der Waals surface area (Å²) in [4.78, 5) is 15.2. The molecule has 2 aliphatic carbocycles. The van der Waals surface area contributed by atoms with E-state index in [0.29, 0.717) is 5.69 Å². The Hall–Kier alpha value is -2.63. The van der Waals surface area contributed by atoms with Gasteiger partial charge in [0.2, 0.25) is 0 Å². The number of carbonyl (C=O) groups excluding carboxylic acids is 1. The molecule has 34 heavy (non-hydrogen) atoms. The zero-order valence-corrected chi connectivity index (χ0v) is 20.5. The van der Waals surface area contributed by atoms with Crippen molar-refractivity contribution < 1.29 is 13.2 Å². The standard InChI is InChI=1S/C23H31N6O4S/c1-26-10-9-16(13-26)14-28(19-12-24-27(2)15-19)34(32,33)29(31)23(30)25-22-20-7-3-5-17(20)11-18-6-4-8-21(18)22/h11-12,15-16H,3-10,13-14H2,1-2H3,(H,25,30)/q-1. The molecule has 2 amide bonds. The maximum Gasteiger partial charge on any atom is 0.326 e. The Bertz CT molecular complexity index is 1180. The molecule has 5 rings (SSSR count). The highest BCUT2D eigenvalue weighted by Crippen LogP contribution is 2.39. The maximum absolute atomic E-state index is 13.4. The lowest BCUT2D eigenvalue weighted by molar-refractivity contribution is 0.243. The molecule has 0 spiro atoms. The van der Waals surface area contributed by atoms with Gasteiger partial charge in [0, 0.05) is 32.0 Å². The first kappa shape index (κ1) is 23.1. The van der Waals surface area contributed by atoms with Crippen LogP contribution in [-0.4, -0.2) is 60.3 Å². The number of aryl methyl sites for hydroxylation is 3. The van der Waals surface area contributed by atoms with Crippen molar-refractivity contribution in [2.45, 2.75) is 44.9 Å². The molecule has 2 heterocycles. The lowest BCUT2D eigenvalue weighted by Crippen LogP contribution is -2.47. The molecule has 1 unspecified atom stereocenters. The van der Waals surface area contributed by atoms with Crippen LogP contribution in [0.1, 0.15) is 41.5 Å². The van der Waals surface area contributed by atoms with E-state index in [0.717, 1.165) is 73.5 Å². The average molecular weight is 488 g/mol. The number of urea groups is 1. The molecule has 1 aromatic carbocycles. The van der Waals surface area contributed by atoms with Crippen LogP contribution in [0.5, 0.6) is 0 Å². The Labute approximate surface area is 200 Å². The van der Waals surface area contributed by atoms with Crippen LogP contribution in [0.3, 0.4) is 0 Å². The zero-order chi connectivity index (χ0) is 24.0. The average Bonchev–Trinajstić information content (AvgIpc) is 3.59. The number of likely N-dealkylation sites (tertiary alicyclic amines) is 1. The Kier molecular flexibility index (Phi) is 6.03. The first-order valence-corrected chi connectivity index (χ1v) is 13.3. The van der Waals surface area contributed by atoms with E-state index >= 15 is 0 Å². The van der Waals surface area contributed by atoms with Crippen molar-refractivity contribution in [2.24, 2.45) is 13.0 Å². The number of hydroxylamine groups is 1. The number of hydrogen-bond donors (Lipinski definition) is 1. The Balaban J connectivity index is 1.42. The van der Waals surface area contributed by atoms with Crippen LogP contribution in [-0.2, 0) is 42.9 Å². The third kappa shape index (κ3) is 4.16. The van der Waals surface area contributed by atoms with Gasteiger partial charge in [0.05, 0.1) is 11.9 Å². The van der Waals surface area contributed by atoms with Gasteiger partial charge in [-0.3, -0.25) is 13.5 Å². The van der Waals surface area contributed by atoms with Gasteiger partial charge in [0.25, 0.3) is 0 Å². The lowest BCUT2D eigenvalue weighted by atomic mass is 9.99. The Morgan fingerprint density at radius 2 is 1.85 bits per heavy atom. The number of benzene rings is 1. The molecule has 1 aliphatic heterocycles. The molecule has 184 valence electrons. The summed E-state index contributed by atoms with van der Waals surface area (Å²) in [6.07, 6.45) is 9.26. The van der Waals surface area contributed by atoms with Gasteiger partial charge in [-0.15, -0.1) is 0 Å². The summed E-state index contributed by atoms with van der Waals surface area (Å²) in [6.45, 7) is 1.69. The number of hydrogen-bond acceptors (Lipinski definition) is 6. The van der Waals surface area contributed by atoms with Crippen LogP contribution >= 0.6 is 0 Å². The predicted molar refractivity (Wildman–Crippen MR) is 130 cm³/mol. The molecule has 1 atom stereocenters. The van der Waals surface area contributed by atoms with Crippen molar-refractivity contribution in [1.29, 1.82) is 0 Å². The third-order valence-electron chi connectivity index (χ3n) is 7.25. The summed E-state index contributed by atoms with van der Waals surface area (Å²) in [6, 6.07) is 1.04. The molecule has 11 heteroatoms. The van der Waals surface area contributed by atoms with Gasteiger partial charge in [-0.1, -0.05) is 6.07 Å². The molecular formula is C23H31N6O4S-. The summed E-state index contributed by atoms with van der Waals surface area (Å²) in [5, 5.41) is 19.8. The second kappa shape index (κ2) is 8.86. The highest BCUT2D eigenvalue weighted by atomic mass is 32.2. The van der Waals surface area contributed by atoms with Gasteiger partial charge in [-0.2, -0.15) is 13.5 Å². The smallest absolute Gasteiger partial charge is 0.326 e. The van der Waals surface area contributed by atoms with Crippen LogP contribution in [0.4, 0.5) is 16.2 Å². The van der Waals surface area contributed by atoms with Crippen LogP contribution in [0.25, 0.3) is 0 Å². The molecule has 2 aromatic rings. The van der Waals surface area contributed by atoms with Crippen LogP contribution < -0.4 is 9.62 Å². The summed E-state index contributed by atoms with van der Waals surface area (Å²) < 4.78 is 29.0. The number of amides is 2. The topological polar surface area (TPSA) is 114 Å². The van der Waals surface area contributed by atoms with Gasteiger partial charge in [-0.05, 0) is 86.7 Å². The van der Waals surface area contributed by atoms with E-state index in [-0.39, 0.29) is 18.2 Å². The van der Waals surface area contributed by atoms with Crippen molar-refractivity contribution >= 4 is 27.6 Å². The number of anilines is 2. The minimum Gasteiger partial charge on any atom is -0.740 e. The number of rotatable bonds is 6. The molecule has 1 aromatic heterocycles. The molecule has 3 aliphatic rings. The fraction of sp³-hybridized carbons (Fsp3) is 0.565. The van der Waals surface area contributed by atoms with Crippen LogP contribution in [0, 0.1) is 11.1 Å². The Morgan fingerprint density at radius 1 is 1.18 bits per heavy atom. The SMILES string of the molecule is CN1CCC(CN(c2cnn(C)c2)S(=O)(=O)N([O-])C(=O)Nc2c3c(cc4c2CCC4)CCC3)C1. The molecule has 10 nitrogen and oxygen atoms in total. The van der Waals surface area contributed by atoms with Gasteiger partial charge in [0.15, 0.2) is 0 Å². The summed E-state index contributed by atoms with van der Waals surface area (Å²) in [7, 11) is -1.01. The van der Waals surface area contributed by atoms with E-state index < -0.39 is 20.7 Å². The highest BCUT2D eigenvalue weighted by Gasteiger charge is 2.34. The number of nitrogens with zero attached hydrogens (tertiary/aromatic N) is 5. The third-order valence-corrected chi connectivity index (χ3v) is 8.75. The van der Waals surface area contributed by atoms with Crippen LogP contribution in [0.15, 0.2) is 18.5 Å². The second-order valence-electron chi connectivity index (χ2n) is 9.72. The predicted octanol–water partition coefficient (Wildman–Crippen LogP) is 2.43. The number of aromatic nitrogens is 2. The van der Waals surface area contributed by atoms with Crippen molar-refractivity contribution in [3.05, 3.63) is 45.9 Å². The Morgan fingerprint density at radius 3 is 2.41 bits per heavy atom. The van der Waals surface area contributed by atoms with Crippen molar-refractivity contribution in [2.75, 3.05) is 36.3 Å². The second-order valence-corrected chi connectivity index (χ2v) is 11.4. The number of fused-ring (bicyclic) bond motifs is 2.